The second kappa shape index (κ2) is 7.93. The molecule has 2 aromatic carbocycles. The van der Waals surface area contributed by atoms with E-state index in [-0.39, 0.29) is 5.56 Å². The van der Waals surface area contributed by atoms with E-state index in [1.165, 1.54) is 10.2 Å². The summed E-state index contributed by atoms with van der Waals surface area (Å²) >= 11 is 0. The highest BCUT2D eigenvalue weighted by atomic mass is 16.5. The van der Waals surface area contributed by atoms with Crippen molar-refractivity contribution in [3.8, 4) is 11.3 Å². The lowest BCUT2D eigenvalue weighted by molar-refractivity contribution is 0.189. The summed E-state index contributed by atoms with van der Waals surface area (Å²) in [5.41, 5.74) is 5.64. The Balaban J connectivity index is 1.76. The van der Waals surface area contributed by atoms with Crippen LogP contribution >= 0.6 is 0 Å². The van der Waals surface area contributed by atoms with Crippen LogP contribution in [0.2, 0.25) is 0 Å². The number of rotatable bonds is 6. The number of aryl methyl sites for hydroxylation is 1. The minimum atomic E-state index is -0.104. The van der Waals surface area contributed by atoms with Gasteiger partial charge in [0.2, 0.25) is 0 Å². The van der Waals surface area contributed by atoms with Crippen LogP contribution in [0.1, 0.15) is 5.56 Å². The number of aromatic nitrogens is 3. The van der Waals surface area contributed by atoms with Crippen molar-refractivity contribution in [2.75, 3.05) is 19.0 Å². The van der Waals surface area contributed by atoms with Gasteiger partial charge >= 0.3 is 0 Å². The normalized spacial score (nSPS) is 11.1. The number of nitrogens with one attached hydrogen (secondary N) is 1. The van der Waals surface area contributed by atoms with Gasteiger partial charge < -0.3 is 14.6 Å². The molecule has 0 amide bonds. The number of nitrogens with zero attached hydrogens (tertiary/aromatic N) is 3. The molecule has 0 bridgehead atoms. The zero-order valence-electron chi connectivity index (χ0n) is 16.8. The molecular weight excluding hydrogens is 364 g/mol. The Labute approximate surface area is 169 Å². The van der Waals surface area contributed by atoms with Gasteiger partial charge in [-0.1, -0.05) is 30.3 Å². The van der Waals surface area contributed by atoms with Crippen molar-refractivity contribution in [3.05, 3.63) is 76.7 Å². The van der Waals surface area contributed by atoms with Gasteiger partial charge in [0.15, 0.2) is 0 Å². The van der Waals surface area contributed by atoms with Crippen LogP contribution in [-0.4, -0.2) is 28.1 Å². The lowest BCUT2D eigenvalue weighted by Gasteiger charge is -2.12. The fraction of sp³-hybridized carbons (Fsp3) is 0.217. The van der Waals surface area contributed by atoms with Gasteiger partial charge in [-0.2, -0.15) is 5.10 Å². The Bertz CT molecular complexity index is 1210. The molecular formula is C23H24N4O2. The molecule has 2 heterocycles. The second-order valence-corrected chi connectivity index (χ2v) is 7.05. The van der Waals surface area contributed by atoms with Gasteiger partial charge in [-0.05, 0) is 36.8 Å². The summed E-state index contributed by atoms with van der Waals surface area (Å²) in [6, 6.07) is 18.8. The third-order valence-electron chi connectivity index (χ3n) is 5.15. The third kappa shape index (κ3) is 3.67. The molecule has 4 rings (SSSR count). The van der Waals surface area contributed by atoms with Crippen LogP contribution in [0.4, 0.5) is 11.4 Å². The van der Waals surface area contributed by atoms with E-state index in [0.717, 1.165) is 34.5 Å². The van der Waals surface area contributed by atoms with Crippen molar-refractivity contribution in [3.63, 3.8) is 0 Å². The van der Waals surface area contributed by atoms with Gasteiger partial charge in [-0.15, -0.1) is 0 Å². The number of benzene rings is 2. The molecule has 0 aliphatic heterocycles. The highest BCUT2D eigenvalue weighted by Crippen LogP contribution is 2.31. The standard InChI is InChI=1S/C23H24N4O2/c1-16-20(15-24-26(2)23(16)28)25-19-9-10-21-18(13-19)14-22(27(21)11-12-29-3)17-7-5-4-6-8-17/h4-10,13-15,25H,11-12H2,1-3H3. The lowest BCUT2D eigenvalue weighted by Crippen LogP contribution is -2.22. The van der Waals surface area contributed by atoms with Gasteiger partial charge in [-0.3, -0.25) is 4.79 Å². The Morgan fingerprint density at radius 1 is 1.10 bits per heavy atom. The SMILES string of the molecule is COCCn1c(-c2ccccc2)cc2cc(Nc3cnn(C)c(=O)c3C)ccc21. The number of hydrogen-bond donors (Lipinski definition) is 1. The molecule has 4 aromatic rings. The van der Waals surface area contributed by atoms with E-state index in [0.29, 0.717) is 12.2 Å². The summed E-state index contributed by atoms with van der Waals surface area (Å²) in [7, 11) is 3.37. The molecule has 0 aliphatic carbocycles. The smallest absolute Gasteiger partial charge is 0.271 e. The van der Waals surface area contributed by atoms with E-state index in [9.17, 15) is 4.79 Å². The van der Waals surface area contributed by atoms with Gasteiger partial charge in [0, 0.05) is 48.5 Å². The minimum Gasteiger partial charge on any atom is -0.383 e. The molecule has 29 heavy (non-hydrogen) atoms. The average molecular weight is 388 g/mol. The van der Waals surface area contributed by atoms with E-state index in [2.05, 4.69) is 45.3 Å². The fourth-order valence-electron chi connectivity index (χ4n) is 3.55. The van der Waals surface area contributed by atoms with Crippen LogP contribution in [0.25, 0.3) is 22.2 Å². The third-order valence-corrected chi connectivity index (χ3v) is 5.15. The van der Waals surface area contributed by atoms with Crippen molar-refractivity contribution < 1.29 is 4.74 Å². The van der Waals surface area contributed by atoms with Gasteiger partial charge in [0.1, 0.15) is 0 Å². The number of anilines is 2. The molecule has 0 fully saturated rings. The van der Waals surface area contributed by atoms with E-state index < -0.39 is 0 Å². The Morgan fingerprint density at radius 3 is 2.66 bits per heavy atom. The van der Waals surface area contributed by atoms with Crippen LogP contribution in [0.15, 0.2) is 65.6 Å². The molecule has 0 unspecified atom stereocenters. The van der Waals surface area contributed by atoms with E-state index >= 15 is 0 Å². The van der Waals surface area contributed by atoms with Gasteiger partial charge in [0.25, 0.3) is 5.56 Å². The molecule has 0 saturated heterocycles. The average Bonchev–Trinajstić information content (AvgIpc) is 3.11. The summed E-state index contributed by atoms with van der Waals surface area (Å²) in [4.78, 5) is 12.1. The number of methoxy groups -OCH3 is 1. The lowest BCUT2D eigenvalue weighted by atomic mass is 10.1. The molecule has 1 N–H and O–H groups in total. The molecule has 6 nitrogen and oxygen atoms in total. The quantitative estimate of drug-likeness (QED) is 0.540. The zero-order chi connectivity index (χ0) is 20.4. The second-order valence-electron chi connectivity index (χ2n) is 7.05. The van der Waals surface area contributed by atoms with Crippen molar-refractivity contribution >= 4 is 22.3 Å². The summed E-state index contributed by atoms with van der Waals surface area (Å²) in [6.45, 7) is 3.22. The minimum absolute atomic E-state index is 0.104. The van der Waals surface area contributed by atoms with Crippen LogP contribution in [0, 0.1) is 6.92 Å². The van der Waals surface area contributed by atoms with Gasteiger partial charge in [0.05, 0.1) is 18.5 Å². The molecule has 0 atom stereocenters. The van der Waals surface area contributed by atoms with Crippen molar-refractivity contribution in [1.29, 1.82) is 0 Å². The predicted molar refractivity (Wildman–Crippen MR) is 117 cm³/mol. The predicted octanol–water partition coefficient (Wildman–Crippen LogP) is 4.10. The Morgan fingerprint density at radius 2 is 1.90 bits per heavy atom. The Hall–Kier alpha value is -3.38. The summed E-state index contributed by atoms with van der Waals surface area (Å²) in [5, 5.41) is 8.57. The Kier molecular flexibility index (Phi) is 5.18. The molecule has 0 radical (unpaired) electrons. The number of fused-ring (bicyclic) bond motifs is 1. The van der Waals surface area contributed by atoms with Crippen LogP contribution < -0.4 is 10.9 Å². The number of hydrogen-bond acceptors (Lipinski definition) is 4. The van der Waals surface area contributed by atoms with Crippen LogP contribution in [0.3, 0.4) is 0 Å². The van der Waals surface area contributed by atoms with E-state index in [1.54, 1.807) is 27.3 Å². The first-order valence-corrected chi connectivity index (χ1v) is 9.56. The largest absolute Gasteiger partial charge is 0.383 e. The monoisotopic (exact) mass is 388 g/mol. The molecule has 2 aromatic heterocycles. The highest BCUT2D eigenvalue weighted by molar-refractivity contribution is 5.90. The first-order valence-electron chi connectivity index (χ1n) is 9.56. The molecule has 6 heteroatoms. The maximum Gasteiger partial charge on any atom is 0.271 e. The van der Waals surface area contributed by atoms with Crippen molar-refractivity contribution in [2.24, 2.45) is 7.05 Å². The maximum atomic E-state index is 12.1. The zero-order valence-corrected chi connectivity index (χ0v) is 16.8. The van der Waals surface area contributed by atoms with Crippen molar-refractivity contribution in [1.82, 2.24) is 14.3 Å². The van der Waals surface area contributed by atoms with E-state index in [1.807, 2.05) is 24.3 Å². The van der Waals surface area contributed by atoms with Crippen LogP contribution in [0.5, 0.6) is 0 Å². The molecule has 0 saturated carbocycles. The summed E-state index contributed by atoms with van der Waals surface area (Å²) < 4.78 is 8.94. The molecule has 148 valence electrons. The summed E-state index contributed by atoms with van der Waals surface area (Å²) in [6.07, 6.45) is 1.68. The van der Waals surface area contributed by atoms with Crippen LogP contribution in [-0.2, 0) is 18.3 Å². The highest BCUT2D eigenvalue weighted by Gasteiger charge is 2.12. The fourth-order valence-corrected chi connectivity index (χ4v) is 3.55. The molecule has 0 aliphatic rings. The first-order chi connectivity index (χ1) is 14.1. The number of ether oxygens (including phenoxy) is 1. The topological polar surface area (TPSA) is 61.1 Å². The summed E-state index contributed by atoms with van der Waals surface area (Å²) in [5.74, 6) is 0. The van der Waals surface area contributed by atoms with Gasteiger partial charge in [-0.25, -0.2) is 4.68 Å². The first kappa shape index (κ1) is 19.0. The van der Waals surface area contributed by atoms with Crippen molar-refractivity contribution in [2.45, 2.75) is 13.5 Å². The molecule has 0 spiro atoms. The van der Waals surface area contributed by atoms with E-state index in [4.69, 9.17) is 4.74 Å². The maximum absolute atomic E-state index is 12.1.